The van der Waals surface area contributed by atoms with E-state index < -0.39 is 0 Å². The van der Waals surface area contributed by atoms with Gasteiger partial charge in [0.25, 0.3) is 5.91 Å². The monoisotopic (exact) mass is 320 g/mol. The number of carbonyl (C=O) groups excluding carboxylic acids is 1. The Kier molecular flexibility index (Phi) is 3.76. The van der Waals surface area contributed by atoms with Crippen molar-refractivity contribution >= 4 is 33.2 Å². The third kappa shape index (κ3) is 2.88. The van der Waals surface area contributed by atoms with Crippen molar-refractivity contribution in [2.24, 2.45) is 0 Å². The van der Waals surface area contributed by atoms with Crippen molar-refractivity contribution in [3.63, 3.8) is 0 Å². The number of anilines is 2. The van der Waals surface area contributed by atoms with E-state index in [-0.39, 0.29) is 11.7 Å². The molecule has 0 aromatic heterocycles. The third-order valence-corrected chi connectivity index (χ3v) is 3.50. The summed E-state index contributed by atoms with van der Waals surface area (Å²) < 4.78 is 0.546. The lowest BCUT2D eigenvalue weighted by Crippen LogP contribution is -2.13. The molecular formula is C14H13BrN2O2. The van der Waals surface area contributed by atoms with Crippen LogP contribution >= 0.6 is 15.9 Å². The molecule has 0 unspecified atom stereocenters. The lowest BCUT2D eigenvalue weighted by atomic mass is 10.1. The number of benzene rings is 2. The van der Waals surface area contributed by atoms with Crippen molar-refractivity contribution in [3.05, 3.63) is 52.0 Å². The number of phenolic OH excluding ortho intramolecular Hbond substituents is 1. The molecule has 2 rings (SSSR count). The first kappa shape index (κ1) is 13.4. The number of halogens is 1. The molecule has 0 spiro atoms. The Balaban J connectivity index is 2.26. The summed E-state index contributed by atoms with van der Waals surface area (Å²) in [6.45, 7) is 1.84. The lowest BCUT2D eigenvalue weighted by molar-refractivity contribution is 0.102. The summed E-state index contributed by atoms with van der Waals surface area (Å²) >= 11 is 3.17. The molecule has 0 saturated heterocycles. The van der Waals surface area contributed by atoms with Crippen molar-refractivity contribution in [1.82, 2.24) is 0 Å². The van der Waals surface area contributed by atoms with Crippen molar-refractivity contribution in [2.75, 3.05) is 11.1 Å². The molecule has 2 aromatic carbocycles. The third-order valence-electron chi connectivity index (χ3n) is 2.83. The van der Waals surface area contributed by atoms with E-state index in [1.807, 2.05) is 6.92 Å². The van der Waals surface area contributed by atoms with E-state index in [0.29, 0.717) is 21.4 Å². The highest BCUT2D eigenvalue weighted by Crippen LogP contribution is 2.25. The molecule has 19 heavy (non-hydrogen) atoms. The fourth-order valence-electron chi connectivity index (χ4n) is 1.64. The van der Waals surface area contributed by atoms with Crippen molar-refractivity contribution in [1.29, 1.82) is 0 Å². The predicted molar refractivity (Wildman–Crippen MR) is 79.4 cm³/mol. The van der Waals surface area contributed by atoms with Crippen LogP contribution in [0, 0.1) is 6.92 Å². The highest BCUT2D eigenvalue weighted by Gasteiger charge is 2.10. The first-order valence-corrected chi connectivity index (χ1v) is 6.43. The molecule has 0 saturated carbocycles. The Labute approximate surface area is 119 Å². The average Bonchev–Trinajstić information content (AvgIpc) is 2.38. The Hall–Kier alpha value is -2.01. The van der Waals surface area contributed by atoms with Gasteiger partial charge in [0.05, 0.1) is 4.47 Å². The van der Waals surface area contributed by atoms with Gasteiger partial charge in [-0.25, -0.2) is 0 Å². The Morgan fingerprint density at radius 1 is 1.32 bits per heavy atom. The van der Waals surface area contributed by atoms with Gasteiger partial charge in [0.2, 0.25) is 0 Å². The molecule has 2 aromatic rings. The molecule has 0 fully saturated rings. The van der Waals surface area contributed by atoms with Crippen LogP contribution in [0.25, 0.3) is 0 Å². The van der Waals surface area contributed by atoms with Gasteiger partial charge < -0.3 is 16.2 Å². The lowest BCUT2D eigenvalue weighted by Gasteiger charge is -2.10. The number of rotatable bonds is 2. The maximum absolute atomic E-state index is 12.1. The van der Waals surface area contributed by atoms with Crippen LogP contribution in [0.1, 0.15) is 15.9 Å². The van der Waals surface area contributed by atoms with Gasteiger partial charge in [-0.3, -0.25) is 4.79 Å². The van der Waals surface area contributed by atoms with Gasteiger partial charge in [0, 0.05) is 16.9 Å². The number of aromatic hydroxyl groups is 1. The molecule has 0 atom stereocenters. The van der Waals surface area contributed by atoms with Gasteiger partial charge in [-0.2, -0.15) is 0 Å². The van der Waals surface area contributed by atoms with Crippen molar-refractivity contribution < 1.29 is 9.90 Å². The van der Waals surface area contributed by atoms with Gasteiger partial charge in [-0.05, 0) is 58.7 Å². The van der Waals surface area contributed by atoms with E-state index in [1.165, 1.54) is 6.07 Å². The van der Waals surface area contributed by atoms with E-state index in [9.17, 15) is 9.90 Å². The normalized spacial score (nSPS) is 10.2. The summed E-state index contributed by atoms with van der Waals surface area (Å²) in [6.07, 6.45) is 0. The molecule has 0 heterocycles. The van der Waals surface area contributed by atoms with E-state index in [2.05, 4.69) is 21.2 Å². The number of nitrogen functional groups attached to an aromatic ring is 1. The van der Waals surface area contributed by atoms with Gasteiger partial charge >= 0.3 is 0 Å². The smallest absolute Gasteiger partial charge is 0.255 e. The summed E-state index contributed by atoms with van der Waals surface area (Å²) in [5.41, 5.74) is 8.26. The van der Waals surface area contributed by atoms with E-state index in [4.69, 9.17) is 5.73 Å². The maximum atomic E-state index is 12.1. The van der Waals surface area contributed by atoms with Crippen molar-refractivity contribution in [3.8, 4) is 5.75 Å². The molecule has 0 bridgehead atoms. The minimum Gasteiger partial charge on any atom is -0.507 e. The van der Waals surface area contributed by atoms with Crippen molar-refractivity contribution in [2.45, 2.75) is 6.92 Å². The number of amides is 1. The highest BCUT2D eigenvalue weighted by molar-refractivity contribution is 9.10. The zero-order valence-electron chi connectivity index (χ0n) is 10.3. The second-order valence-corrected chi connectivity index (χ2v) is 4.99. The summed E-state index contributed by atoms with van der Waals surface area (Å²) in [5.74, 6) is -0.270. The minimum absolute atomic E-state index is 0.0250. The number of nitrogens with two attached hydrogens (primary N) is 1. The van der Waals surface area contributed by atoms with Crippen LogP contribution in [0.5, 0.6) is 5.75 Å². The Bertz CT molecular complexity index is 641. The van der Waals surface area contributed by atoms with Gasteiger partial charge in [-0.15, -0.1) is 0 Å². The fraction of sp³-hybridized carbons (Fsp3) is 0.0714. The molecule has 0 aliphatic rings. The second kappa shape index (κ2) is 5.32. The molecule has 0 radical (unpaired) electrons. The maximum Gasteiger partial charge on any atom is 0.255 e. The number of carbonyl (C=O) groups is 1. The predicted octanol–water partition coefficient (Wildman–Crippen LogP) is 3.30. The zero-order valence-corrected chi connectivity index (χ0v) is 11.9. The molecule has 4 N–H and O–H groups in total. The Morgan fingerprint density at radius 3 is 2.74 bits per heavy atom. The molecule has 0 aliphatic carbocycles. The topological polar surface area (TPSA) is 75.3 Å². The first-order valence-electron chi connectivity index (χ1n) is 5.64. The Morgan fingerprint density at radius 2 is 2.05 bits per heavy atom. The second-order valence-electron chi connectivity index (χ2n) is 4.14. The van der Waals surface area contributed by atoms with Gasteiger partial charge in [-0.1, -0.05) is 6.07 Å². The molecule has 5 heteroatoms. The SMILES string of the molecule is Cc1c(N)cccc1NC(=O)c1ccc(Br)c(O)c1. The highest BCUT2D eigenvalue weighted by atomic mass is 79.9. The molecule has 0 aliphatic heterocycles. The van der Waals surface area contributed by atoms with E-state index >= 15 is 0 Å². The number of hydrogen-bond donors (Lipinski definition) is 3. The summed E-state index contributed by atoms with van der Waals surface area (Å²) in [4.78, 5) is 12.1. The fourth-order valence-corrected chi connectivity index (χ4v) is 1.88. The first-order chi connectivity index (χ1) is 8.99. The van der Waals surface area contributed by atoms with Crippen LogP contribution in [0.4, 0.5) is 11.4 Å². The van der Waals surface area contributed by atoms with Gasteiger partial charge in [0.15, 0.2) is 0 Å². The van der Waals surface area contributed by atoms with Crippen LogP contribution in [-0.2, 0) is 0 Å². The summed E-state index contributed by atoms with van der Waals surface area (Å²) in [6, 6.07) is 9.98. The average molecular weight is 321 g/mol. The van der Waals surface area contributed by atoms with Gasteiger partial charge in [0.1, 0.15) is 5.75 Å². The number of hydrogen-bond acceptors (Lipinski definition) is 3. The van der Waals surface area contributed by atoms with E-state index in [0.717, 1.165) is 5.56 Å². The van der Waals surface area contributed by atoms with Crippen LogP contribution < -0.4 is 11.1 Å². The summed E-state index contributed by atoms with van der Waals surface area (Å²) in [7, 11) is 0. The quantitative estimate of drug-likeness (QED) is 0.743. The molecule has 98 valence electrons. The molecule has 1 amide bonds. The summed E-state index contributed by atoms with van der Waals surface area (Å²) in [5, 5.41) is 12.3. The number of nitrogens with one attached hydrogen (secondary N) is 1. The zero-order chi connectivity index (χ0) is 14.0. The number of phenols is 1. The largest absolute Gasteiger partial charge is 0.507 e. The molecular weight excluding hydrogens is 308 g/mol. The van der Waals surface area contributed by atoms with Crippen LogP contribution in [0.15, 0.2) is 40.9 Å². The molecule has 4 nitrogen and oxygen atoms in total. The van der Waals surface area contributed by atoms with Crippen LogP contribution in [-0.4, -0.2) is 11.0 Å². The van der Waals surface area contributed by atoms with Crippen LogP contribution in [0.2, 0.25) is 0 Å². The minimum atomic E-state index is -0.295. The standard InChI is InChI=1S/C14H13BrN2O2/c1-8-11(16)3-2-4-12(8)17-14(19)9-5-6-10(15)13(18)7-9/h2-7,18H,16H2,1H3,(H,17,19). The van der Waals surface area contributed by atoms with E-state index in [1.54, 1.807) is 30.3 Å². The van der Waals surface area contributed by atoms with Crippen LogP contribution in [0.3, 0.4) is 0 Å².